The van der Waals surface area contributed by atoms with E-state index in [-0.39, 0.29) is 23.5 Å². The second-order valence-electron chi connectivity index (χ2n) is 8.02. The van der Waals surface area contributed by atoms with Gasteiger partial charge >= 0.3 is 0 Å². The minimum Gasteiger partial charge on any atom is -0.502 e. The smallest absolute Gasteiger partial charge is 0.271 e. The molecule has 0 saturated heterocycles. The first-order valence-electron chi connectivity index (χ1n) is 10.9. The molecule has 4 aromatic carbocycles. The minimum atomic E-state index is -0.881. The van der Waals surface area contributed by atoms with E-state index in [4.69, 9.17) is 0 Å². The van der Waals surface area contributed by atoms with Crippen molar-refractivity contribution in [3.8, 4) is 5.75 Å². The van der Waals surface area contributed by atoms with Crippen molar-refractivity contribution in [3.63, 3.8) is 0 Å². The molecule has 0 aliphatic rings. The first-order chi connectivity index (χ1) is 16.0. The monoisotopic (exact) mass is 444 g/mol. The Labute approximate surface area is 191 Å². The molecule has 0 heterocycles. The van der Waals surface area contributed by atoms with Crippen molar-refractivity contribution in [2.24, 2.45) is 0 Å². The molecule has 4 rings (SSSR count). The van der Waals surface area contributed by atoms with Gasteiger partial charge in [-0.25, -0.2) is 4.39 Å². The number of hydrogen-bond acceptors (Lipinski definition) is 5. The largest absolute Gasteiger partial charge is 0.502 e. The maximum absolute atomic E-state index is 13.6. The second kappa shape index (κ2) is 9.79. The minimum absolute atomic E-state index is 0.0913. The highest BCUT2D eigenvalue weighted by molar-refractivity contribution is 5.69. The Morgan fingerprint density at radius 2 is 1.55 bits per heavy atom. The number of hydrogen-bond donors (Lipinski definition) is 3. The molecular formula is C27H25FN2O3. The number of halogens is 1. The summed E-state index contributed by atoms with van der Waals surface area (Å²) in [4.78, 5) is 23.0. The first-order valence-corrected chi connectivity index (χ1v) is 10.9. The molecule has 0 amide bonds. The van der Waals surface area contributed by atoms with Crippen molar-refractivity contribution in [3.05, 3.63) is 122 Å². The molecule has 0 saturated carbocycles. The van der Waals surface area contributed by atoms with E-state index >= 15 is 0 Å². The molecule has 2 atom stereocenters. The van der Waals surface area contributed by atoms with Crippen LogP contribution in [0.2, 0.25) is 0 Å². The Morgan fingerprint density at radius 1 is 0.848 bits per heavy atom. The number of benzene rings is 3. The summed E-state index contributed by atoms with van der Waals surface area (Å²) in [7, 11) is 0. The summed E-state index contributed by atoms with van der Waals surface area (Å²) in [6, 6.07) is 24.2. The zero-order valence-corrected chi connectivity index (χ0v) is 18.2. The average molecular weight is 445 g/mol. The lowest BCUT2D eigenvalue weighted by molar-refractivity contribution is 0.466. The molecule has 0 aromatic heterocycles. The van der Waals surface area contributed by atoms with Crippen LogP contribution in [-0.4, -0.2) is 11.7 Å². The molecule has 1 unspecified atom stereocenters. The Morgan fingerprint density at radius 3 is 2.21 bits per heavy atom. The summed E-state index contributed by atoms with van der Waals surface area (Å²) < 4.78 is 13.6. The predicted molar refractivity (Wildman–Crippen MR) is 128 cm³/mol. The Hall–Kier alpha value is -3.77. The van der Waals surface area contributed by atoms with Crippen LogP contribution in [-0.2, 0) is 0 Å². The van der Waals surface area contributed by atoms with Gasteiger partial charge in [0.2, 0.25) is 0 Å². The third-order valence-corrected chi connectivity index (χ3v) is 5.89. The number of aromatic hydroxyl groups is 1. The molecule has 0 bridgehead atoms. The summed E-state index contributed by atoms with van der Waals surface area (Å²) in [5, 5.41) is 16.2. The number of rotatable bonds is 9. The fraction of sp³-hybridized carbons (Fsp3) is 0.185. The molecule has 3 N–H and O–H groups in total. The lowest BCUT2D eigenvalue weighted by atomic mass is 9.90. The topological polar surface area (TPSA) is 78.4 Å². The van der Waals surface area contributed by atoms with E-state index in [1.54, 1.807) is 18.2 Å². The van der Waals surface area contributed by atoms with Gasteiger partial charge in [0, 0.05) is 24.2 Å². The summed E-state index contributed by atoms with van der Waals surface area (Å²) in [5.74, 6) is -0.936. The normalized spacial score (nSPS) is 13.0. The molecule has 33 heavy (non-hydrogen) atoms. The van der Waals surface area contributed by atoms with Crippen molar-refractivity contribution in [1.82, 2.24) is 5.32 Å². The second-order valence-corrected chi connectivity index (χ2v) is 8.02. The molecule has 168 valence electrons. The molecule has 5 nitrogen and oxygen atoms in total. The molecular weight excluding hydrogens is 419 g/mol. The third kappa shape index (κ3) is 4.86. The predicted octanol–water partition coefficient (Wildman–Crippen LogP) is 4.74. The van der Waals surface area contributed by atoms with Crippen LogP contribution >= 0.6 is 0 Å². The van der Waals surface area contributed by atoms with Gasteiger partial charge in [0.25, 0.3) is 10.9 Å². The van der Waals surface area contributed by atoms with Crippen LogP contribution in [0, 0.1) is 5.82 Å². The van der Waals surface area contributed by atoms with E-state index in [0.717, 1.165) is 17.5 Å². The standard InChI is InChI=1S/C27H25FN2O3/c1-2-23(18-7-4-3-5-8-18)29-16-22(17-11-13-20(28)14-12-17)19-9-6-10-21(15-19)30-24-25(31)27(33)26(24)32/h3-15,22-23,29-31H,2,16H2,1H3/t22?,23-/m1/s1. The highest BCUT2D eigenvalue weighted by Gasteiger charge is 2.21. The van der Waals surface area contributed by atoms with Crippen molar-refractivity contribution < 1.29 is 9.50 Å². The van der Waals surface area contributed by atoms with Gasteiger partial charge in [0.15, 0.2) is 5.75 Å². The molecule has 0 fully saturated rings. The molecule has 0 spiro atoms. The van der Waals surface area contributed by atoms with Crippen LogP contribution in [0.1, 0.15) is 42.0 Å². The number of nitrogens with one attached hydrogen (secondary N) is 2. The summed E-state index contributed by atoms with van der Waals surface area (Å²) in [5.41, 5.74) is 1.96. The van der Waals surface area contributed by atoms with Crippen LogP contribution < -0.4 is 21.5 Å². The van der Waals surface area contributed by atoms with Gasteiger partial charge in [0.1, 0.15) is 11.5 Å². The van der Waals surface area contributed by atoms with Crippen LogP contribution in [0.3, 0.4) is 0 Å². The van der Waals surface area contributed by atoms with Crippen molar-refractivity contribution in [2.45, 2.75) is 25.3 Å². The van der Waals surface area contributed by atoms with Gasteiger partial charge in [-0.15, -0.1) is 0 Å². The van der Waals surface area contributed by atoms with Gasteiger partial charge in [-0.3, -0.25) is 9.59 Å². The van der Waals surface area contributed by atoms with Gasteiger partial charge in [0.05, 0.1) is 0 Å². The van der Waals surface area contributed by atoms with E-state index in [9.17, 15) is 19.1 Å². The van der Waals surface area contributed by atoms with Gasteiger partial charge in [-0.1, -0.05) is 61.5 Å². The molecule has 6 heteroatoms. The fourth-order valence-corrected chi connectivity index (χ4v) is 4.04. The van der Waals surface area contributed by atoms with E-state index in [1.165, 1.54) is 17.7 Å². The summed E-state index contributed by atoms with van der Waals surface area (Å²) in [6.45, 7) is 2.73. The SMILES string of the molecule is CC[C@@H](NCC(c1ccc(F)cc1)c1cccc(Nc2c(O)c(=O)c2=O)c1)c1ccccc1. The van der Waals surface area contributed by atoms with Gasteiger partial charge < -0.3 is 15.7 Å². The van der Waals surface area contributed by atoms with Crippen molar-refractivity contribution in [2.75, 3.05) is 11.9 Å². The van der Waals surface area contributed by atoms with E-state index < -0.39 is 16.6 Å². The molecule has 4 aromatic rings. The lowest BCUT2D eigenvalue weighted by Gasteiger charge is -2.24. The van der Waals surface area contributed by atoms with Crippen LogP contribution in [0.15, 0.2) is 88.5 Å². The van der Waals surface area contributed by atoms with Crippen molar-refractivity contribution in [1.29, 1.82) is 0 Å². The summed E-state index contributed by atoms with van der Waals surface area (Å²) >= 11 is 0. The lowest BCUT2D eigenvalue weighted by Crippen LogP contribution is -2.32. The zero-order valence-electron chi connectivity index (χ0n) is 18.2. The van der Waals surface area contributed by atoms with E-state index in [2.05, 4.69) is 29.7 Å². The Bertz CT molecular complexity index is 1300. The average Bonchev–Trinajstić information content (AvgIpc) is 2.86. The third-order valence-electron chi connectivity index (χ3n) is 5.89. The Kier molecular flexibility index (Phi) is 6.66. The van der Waals surface area contributed by atoms with E-state index in [0.29, 0.717) is 12.2 Å². The van der Waals surface area contributed by atoms with Crippen LogP contribution in [0.4, 0.5) is 15.8 Å². The highest BCUT2D eigenvalue weighted by Crippen LogP contribution is 2.29. The van der Waals surface area contributed by atoms with Crippen molar-refractivity contribution >= 4 is 11.4 Å². The Balaban J connectivity index is 1.62. The van der Waals surface area contributed by atoms with Gasteiger partial charge in [-0.2, -0.15) is 0 Å². The summed E-state index contributed by atoms with van der Waals surface area (Å²) in [6.07, 6.45) is 0.908. The molecule has 0 radical (unpaired) electrons. The van der Waals surface area contributed by atoms with Crippen LogP contribution in [0.25, 0.3) is 0 Å². The van der Waals surface area contributed by atoms with Gasteiger partial charge in [-0.05, 0) is 47.4 Å². The highest BCUT2D eigenvalue weighted by atomic mass is 19.1. The van der Waals surface area contributed by atoms with Crippen LogP contribution in [0.5, 0.6) is 5.75 Å². The molecule has 0 aliphatic heterocycles. The fourth-order valence-electron chi connectivity index (χ4n) is 4.04. The first kappa shape index (κ1) is 22.4. The quantitative estimate of drug-likeness (QED) is 0.325. The zero-order chi connectivity index (χ0) is 23.4. The molecule has 0 aliphatic carbocycles. The maximum Gasteiger partial charge on any atom is 0.271 e. The number of anilines is 2. The maximum atomic E-state index is 13.6. The van der Waals surface area contributed by atoms with E-state index in [1.807, 2.05) is 36.4 Å².